The van der Waals surface area contributed by atoms with Crippen molar-refractivity contribution in [1.29, 1.82) is 0 Å². The van der Waals surface area contributed by atoms with E-state index in [9.17, 15) is 5.11 Å². The van der Waals surface area contributed by atoms with E-state index in [0.29, 0.717) is 5.75 Å². The lowest BCUT2D eigenvalue weighted by atomic mass is 9.92. The van der Waals surface area contributed by atoms with Gasteiger partial charge in [0.2, 0.25) is 0 Å². The molecule has 1 aliphatic rings. The molecule has 1 fully saturated rings. The maximum atomic E-state index is 9.42. The Hall–Kier alpha value is -1.22. The summed E-state index contributed by atoms with van der Waals surface area (Å²) in [4.78, 5) is 0. The topological polar surface area (TPSA) is 38.7 Å². The molecule has 0 spiro atoms. The van der Waals surface area contributed by atoms with Crippen LogP contribution in [0.15, 0.2) is 18.2 Å². The van der Waals surface area contributed by atoms with Crippen molar-refractivity contribution >= 4 is 0 Å². The highest BCUT2D eigenvalue weighted by Gasteiger charge is 2.31. The molecule has 2 rings (SSSR count). The van der Waals surface area contributed by atoms with Gasteiger partial charge in [-0.1, -0.05) is 6.07 Å². The quantitative estimate of drug-likeness (QED) is 0.824. The SMILES string of the molecule is COc1cc(C)ccc1O[C@H]1CC[C@@H]1O. The predicted molar refractivity (Wildman–Crippen MR) is 57.4 cm³/mol. The van der Waals surface area contributed by atoms with Crippen LogP contribution in [-0.2, 0) is 0 Å². The van der Waals surface area contributed by atoms with Gasteiger partial charge in [0.25, 0.3) is 0 Å². The lowest BCUT2D eigenvalue weighted by molar-refractivity contribution is -0.0371. The van der Waals surface area contributed by atoms with Crippen LogP contribution in [0.3, 0.4) is 0 Å². The molecule has 1 aromatic rings. The molecule has 1 N–H and O–H groups in total. The second-order valence-corrected chi connectivity index (χ2v) is 3.96. The van der Waals surface area contributed by atoms with E-state index >= 15 is 0 Å². The summed E-state index contributed by atoms with van der Waals surface area (Å²) < 4.78 is 10.9. The van der Waals surface area contributed by atoms with Crippen molar-refractivity contribution in [2.45, 2.75) is 32.0 Å². The fourth-order valence-electron chi connectivity index (χ4n) is 1.62. The molecule has 3 heteroatoms. The third-order valence-electron chi connectivity index (χ3n) is 2.77. The molecular weight excluding hydrogens is 192 g/mol. The molecule has 0 aliphatic heterocycles. The zero-order chi connectivity index (χ0) is 10.8. The lowest BCUT2D eigenvalue weighted by Gasteiger charge is -2.32. The van der Waals surface area contributed by atoms with E-state index in [0.717, 1.165) is 24.2 Å². The van der Waals surface area contributed by atoms with Crippen LogP contribution in [0.1, 0.15) is 18.4 Å². The van der Waals surface area contributed by atoms with Crippen LogP contribution >= 0.6 is 0 Å². The van der Waals surface area contributed by atoms with Crippen LogP contribution in [0, 0.1) is 6.92 Å². The minimum Gasteiger partial charge on any atom is -0.493 e. The Morgan fingerprint density at radius 3 is 2.60 bits per heavy atom. The minimum absolute atomic E-state index is 0.0680. The van der Waals surface area contributed by atoms with E-state index in [1.165, 1.54) is 0 Å². The van der Waals surface area contributed by atoms with Crippen molar-refractivity contribution in [1.82, 2.24) is 0 Å². The van der Waals surface area contributed by atoms with Crippen molar-refractivity contribution < 1.29 is 14.6 Å². The zero-order valence-electron chi connectivity index (χ0n) is 9.06. The van der Waals surface area contributed by atoms with Gasteiger partial charge in [-0.05, 0) is 37.5 Å². The summed E-state index contributed by atoms with van der Waals surface area (Å²) in [6, 6.07) is 5.79. The lowest BCUT2D eigenvalue weighted by Crippen LogP contribution is -2.41. The number of ether oxygens (including phenoxy) is 2. The van der Waals surface area contributed by atoms with Gasteiger partial charge < -0.3 is 14.6 Å². The summed E-state index contributed by atoms with van der Waals surface area (Å²) in [7, 11) is 1.62. The van der Waals surface area contributed by atoms with E-state index < -0.39 is 0 Å². The van der Waals surface area contributed by atoms with Crippen molar-refractivity contribution in [3.63, 3.8) is 0 Å². The zero-order valence-corrected chi connectivity index (χ0v) is 9.06. The number of aliphatic hydroxyl groups excluding tert-OH is 1. The van der Waals surface area contributed by atoms with Crippen LogP contribution in [0.2, 0.25) is 0 Å². The van der Waals surface area contributed by atoms with Gasteiger partial charge in [0, 0.05) is 0 Å². The molecule has 1 saturated carbocycles. The Labute approximate surface area is 89.6 Å². The maximum absolute atomic E-state index is 9.42. The average Bonchev–Trinajstić information content (AvgIpc) is 2.25. The van der Waals surface area contributed by atoms with E-state index in [1.807, 2.05) is 25.1 Å². The molecule has 0 unspecified atom stereocenters. The number of rotatable bonds is 3. The van der Waals surface area contributed by atoms with Crippen molar-refractivity contribution in [3.05, 3.63) is 23.8 Å². The van der Waals surface area contributed by atoms with E-state index in [4.69, 9.17) is 9.47 Å². The van der Waals surface area contributed by atoms with E-state index in [2.05, 4.69) is 0 Å². The minimum atomic E-state index is -0.323. The second-order valence-electron chi connectivity index (χ2n) is 3.96. The fourth-order valence-corrected chi connectivity index (χ4v) is 1.62. The molecule has 82 valence electrons. The van der Waals surface area contributed by atoms with Crippen molar-refractivity contribution in [2.75, 3.05) is 7.11 Å². The van der Waals surface area contributed by atoms with Crippen LogP contribution in [0.4, 0.5) is 0 Å². The number of hydrogen-bond acceptors (Lipinski definition) is 3. The molecule has 0 bridgehead atoms. The molecule has 0 aromatic heterocycles. The van der Waals surface area contributed by atoms with Crippen LogP contribution in [0.25, 0.3) is 0 Å². The molecule has 0 amide bonds. The van der Waals surface area contributed by atoms with Crippen LogP contribution < -0.4 is 9.47 Å². The average molecular weight is 208 g/mol. The summed E-state index contributed by atoms with van der Waals surface area (Å²) in [6.45, 7) is 2.00. The predicted octanol–water partition coefficient (Wildman–Crippen LogP) is 1.91. The second kappa shape index (κ2) is 4.11. The first-order chi connectivity index (χ1) is 7.20. The summed E-state index contributed by atoms with van der Waals surface area (Å²) >= 11 is 0. The van der Waals surface area contributed by atoms with Gasteiger partial charge in [0.1, 0.15) is 6.10 Å². The fraction of sp³-hybridized carbons (Fsp3) is 0.500. The molecule has 0 saturated heterocycles. The molecule has 2 atom stereocenters. The third kappa shape index (κ3) is 2.07. The number of benzene rings is 1. The van der Waals surface area contributed by atoms with Gasteiger partial charge in [-0.25, -0.2) is 0 Å². The summed E-state index contributed by atoms with van der Waals surface area (Å²) in [5.74, 6) is 1.45. The Morgan fingerprint density at radius 1 is 1.27 bits per heavy atom. The summed E-state index contributed by atoms with van der Waals surface area (Å²) in [5.41, 5.74) is 1.13. The highest BCUT2D eigenvalue weighted by atomic mass is 16.5. The smallest absolute Gasteiger partial charge is 0.161 e. The number of hydrogen-bond donors (Lipinski definition) is 1. The molecule has 3 nitrogen and oxygen atoms in total. The van der Waals surface area contributed by atoms with Gasteiger partial charge in [-0.15, -0.1) is 0 Å². The molecule has 1 aliphatic carbocycles. The highest BCUT2D eigenvalue weighted by molar-refractivity contribution is 5.42. The maximum Gasteiger partial charge on any atom is 0.161 e. The molecule has 15 heavy (non-hydrogen) atoms. The Morgan fingerprint density at radius 2 is 2.07 bits per heavy atom. The van der Waals surface area contributed by atoms with Gasteiger partial charge >= 0.3 is 0 Å². The summed E-state index contributed by atoms with van der Waals surface area (Å²) in [5, 5.41) is 9.42. The van der Waals surface area contributed by atoms with E-state index in [-0.39, 0.29) is 12.2 Å². The third-order valence-corrected chi connectivity index (χ3v) is 2.77. The molecular formula is C12H16O3. The Kier molecular flexibility index (Phi) is 2.82. The normalized spacial score (nSPS) is 24.5. The van der Waals surface area contributed by atoms with E-state index in [1.54, 1.807) is 7.11 Å². The number of methoxy groups -OCH3 is 1. The van der Waals surface area contributed by atoms with Gasteiger partial charge in [0.05, 0.1) is 13.2 Å². The first kappa shape index (κ1) is 10.3. The van der Waals surface area contributed by atoms with Crippen molar-refractivity contribution in [3.8, 4) is 11.5 Å². The highest BCUT2D eigenvalue weighted by Crippen LogP contribution is 2.32. The number of aryl methyl sites for hydroxylation is 1. The van der Waals surface area contributed by atoms with Gasteiger partial charge in [-0.2, -0.15) is 0 Å². The molecule has 0 radical (unpaired) electrons. The van der Waals surface area contributed by atoms with Gasteiger partial charge in [-0.3, -0.25) is 0 Å². The van der Waals surface area contributed by atoms with Crippen LogP contribution in [0.5, 0.6) is 11.5 Å². The standard InChI is InChI=1S/C12H16O3/c1-8-3-5-11(12(7-8)14-2)15-10-6-4-9(10)13/h3,5,7,9-10,13H,4,6H2,1-2H3/t9-,10-/m0/s1. The van der Waals surface area contributed by atoms with Gasteiger partial charge in [0.15, 0.2) is 11.5 Å². The molecule has 0 heterocycles. The first-order valence-corrected chi connectivity index (χ1v) is 5.20. The Balaban J connectivity index is 2.13. The largest absolute Gasteiger partial charge is 0.493 e. The first-order valence-electron chi connectivity index (χ1n) is 5.20. The monoisotopic (exact) mass is 208 g/mol. The number of aliphatic hydroxyl groups is 1. The van der Waals surface area contributed by atoms with Crippen molar-refractivity contribution in [2.24, 2.45) is 0 Å². The Bertz CT molecular complexity index is 349. The summed E-state index contributed by atoms with van der Waals surface area (Å²) in [6.07, 6.45) is 1.36. The molecule has 1 aromatic carbocycles. The van der Waals surface area contributed by atoms with Crippen LogP contribution in [-0.4, -0.2) is 24.4 Å².